The summed E-state index contributed by atoms with van der Waals surface area (Å²) in [6.07, 6.45) is 3.86. The highest BCUT2D eigenvalue weighted by molar-refractivity contribution is 5.54. The maximum atomic E-state index is 10.4. The zero-order valence-corrected chi connectivity index (χ0v) is 9.33. The zero-order chi connectivity index (χ0) is 10.6. The van der Waals surface area contributed by atoms with Crippen LogP contribution in [0.15, 0.2) is 12.2 Å². The van der Waals surface area contributed by atoms with Crippen LogP contribution in [0.1, 0.15) is 33.1 Å². The van der Waals surface area contributed by atoms with Crippen molar-refractivity contribution in [1.82, 2.24) is 4.90 Å². The second-order valence-corrected chi connectivity index (χ2v) is 4.43. The summed E-state index contributed by atoms with van der Waals surface area (Å²) >= 11 is 0. The van der Waals surface area contributed by atoms with Gasteiger partial charge in [0.05, 0.1) is 0 Å². The third kappa shape index (κ3) is 2.95. The van der Waals surface area contributed by atoms with Crippen LogP contribution in [-0.2, 0) is 4.79 Å². The van der Waals surface area contributed by atoms with Crippen LogP contribution >= 0.6 is 0 Å². The van der Waals surface area contributed by atoms with Gasteiger partial charge in [-0.3, -0.25) is 0 Å². The van der Waals surface area contributed by atoms with Crippen LogP contribution in [0, 0.1) is 5.92 Å². The van der Waals surface area contributed by atoms with Crippen LogP contribution in [-0.4, -0.2) is 30.3 Å². The number of aldehydes is 1. The fourth-order valence-electron chi connectivity index (χ4n) is 2.10. The molecule has 14 heavy (non-hydrogen) atoms. The van der Waals surface area contributed by atoms with Gasteiger partial charge in [-0.05, 0) is 45.7 Å². The lowest BCUT2D eigenvalue weighted by Crippen LogP contribution is -2.38. The second-order valence-electron chi connectivity index (χ2n) is 4.43. The van der Waals surface area contributed by atoms with E-state index in [1.165, 1.54) is 12.8 Å². The highest BCUT2D eigenvalue weighted by atomic mass is 16.1. The molecule has 1 aliphatic rings. The van der Waals surface area contributed by atoms with Crippen molar-refractivity contribution in [3.05, 3.63) is 12.2 Å². The van der Waals surface area contributed by atoms with Gasteiger partial charge in [-0.1, -0.05) is 12.2 Å². The number of piperidine rings is 1. The molecule has 0 radical (unpaired) electrons. The molecule has 0 aromatic carbocycles. The topological polar surface area (TPSA) is 20.3 Å². The first-order valence-corrected chi connectivity index (χ1v) is 5.50. The molecule has 0 N–H and O–H groups in total. The predicted octanol–water partition coefficient (Wildman–Crippen LogP) is 2.25. The summed E-state index contributed by atoms with van der Waals surface area (Å²) in [6, 6.07) is 0.648. The molecule has 0 atom stereocenters. The van der Waals surface area contributed by atoms with E-state index in [1.54, 1.807) is 0 Å². The van der Waals surface area contributed by atoms with Crippen molar-refractivity contribution in [2.75, 3.05) is 13.1 Å². The maximum Gasteiger partial charge on any atom is 0.124 e. The molecule has 80 valence electrons. The van der Waals surface area contributed by atoms with E-state index in [0.29, 0.717) is 18.4 Å². The zero-order valence-electron chi connectivity index (χ0n) is 9.33. The molecule has 0 aromatic rings. The lowest BCUT2D eigenvalue weighted by Gasteiger charge is -2.35. The molecule has 1 heterocycles. The number of hydrogen-bond donors (Lipinski definition) is 0. The smallest absolute Gasteiger partial charge is 0.124 e. The Bertz CT molecular complexity index is 202. The molecule has 0 amide bonds. The van der Waals surface area contributed by atoms with Gasteiger partial charge in [-0.25, -0.2) is 0 Å². The second kappa shape index (κ2) is 5.30. The predicted molar refractivity (Wildman–Crippen MR) is 59.3 cm³/mol. The van der Waals surface area contributed by atoms with Crippen LogP contribution in [0.25, 0.3) is 0 Å². The number of nitrogens with zero attached hydrogens (tertiary/aromatic N) is 1. The molecule has 0 saturated carbocycles. The molecule has 1 aliphatic heterocycles. The molecule has 2 heteroatoms. The van der Waals surface area contributed by atoms with Crippen molar-refractivity contribution in [3.63, 3.8) is 0 Å². The van der Waals surface area contributed by atoms with Crippen molar-refractivity contribution >= 4 is 6.29 Å². The Kier molecular flexibility index (Phi) is 4.33. The highest BCUT2D eigenvalue weighted by Crippen LogP contribution is 2.25. The lowest BCUT2D eigenvalue weighted by atomic mass is 9.88. The quantitative estimate of drug-likeness (QED) is 0.506. The minimum atomic E-state index is 0.548. The minimum Gasteiger partial charge on any atom is -0.303 e. The van der Waals surface area contributed by atoms with Crippen LogP contribution < -0.4 is 0 Å². The molecule has 1 fully saturated rings. The SMILES string of the molecule is C=C(CC=O)C1CCN(C(C)C)CC1. The Balaban J connectivity index is 2.35. The van der Waals surface area contributed by atoms with Gasteiger partial charge in [0.1, 0.15) is 6.29 Å². The minimum absolute atomic E-state index is 0.548. The van der Waals surface area contributed by atoms with Crippen molar-refractivity contribution in [2.24, 2.45) is 5.92 Å². The highest BCUT2D eigenvalue weighted by Gasteiger charge is 2.22. The Labute approximate surface area is 87.0 Å². The molecular weight excluding hydrogens is 174 g/mol. The van der Waals surface area contributed by atoms with Gasteiger partial charge in [0.2, 0.25) is 0 Å². The Hall–Kier alpha value is -0.630. The average Bonchev–Trinajstić information content (AvgIpc) is 2.18. The summed E-state index contributed by atoms with van der Waals surface area (Å²) in [5.74, 6) is 0.579. The third-order valence-electron chi connectivity index (χ3n) is 3.18. The van der Waals surface area contributed by atoms with Gasteiger partial charge in [-0.2, -0.15) is 0 Å². The molecule has 0 aromatic heterocycles. The third-order valence-corrected chi connectivity index (χ3v) is 3.18. The van der Waals surface area contributed by atoms with Gasteiger partial charge in [0.15, 0.2) is 0 Å². The summed E-state index contributed by atoms with van der Waals surface area (Å²) in [7, 11) is 0. The molecule has 0 bridgehead atoms. The monoisotopic (exact) mass is 195 g/mol. The summed E-state index contributed by atoms with van der Waals surface area (Å²) in [5.41, 5.74) is 1.13. The number of hydrogen-bond acceptors (Lipinski definition) is 2. The van der Waals surface area contributed by atoms with Crippen LogP contribution in [0.4, 0.5) is 0 Å². The summed E-state index contributed by atoms with van der Waals surface area (Å²) in [5, 5.41) is 0. The first-order valence-electron chi connectivity index (χ1n) is 5.50. The van der Waals surface area contributed by atoms with E-state index < -0.39 is 0 Å². The van der Waals surface area contributed by atoms with Crippen LogP contribution in [0.3, 0.4) is 0 Å². The van der Waals surface area contributed by atoms with Gasteiger partial charge in [0, 0.05) is 12.5 Å². The van der Waals surface area contributed by atoms with E-state index in [2.05, 4.69) is 25.3 Å². The van der Waals surface area contributed by atoms with Gasteiger partial charge < -0.3 is 9.69 Å². The molecule has 1 rings (SSSR count). The number of likely N-dealkylation sites (tertiary alicyclic amines) is 1. The first-order chi connectivity index (χ1) is 6.65. The first kappa shape index (κ1) is 11.4. The number of carbonyl (C=O) groups excluding carboxylic acids is 1. The summed E-state index contributed by atoms with van der Waals surface area (Å²) in [6.45, 7) is 10.8. The van der Waals surface area contributed by atoms with Crippen molar-refractivity contribution in [2.45, 2.75) is 39.2 Å². The largest absolute Gasteiger partial charge is 0.303 e. The molecule has 0 spiro atoms. The standard InChI is InChI=1S/C12H21NO/c1-10(2)13-7-4-12(5-8-13)11(3)6-9-14/h9-10,12H,3-8H2,1-2H3. The van der Waals surface area contributed by atoms with Gasteiger partial charge in [-0.15, -0.1) is 0 Å². The van der Waals surface area contributed by atoms with Crippen molar-refractivity contribution in [3.8, 4) is 0 Å². The number of allylic oxidation sites excluding steroid dienone is 1. The maximum absolute atomic E-state index is 10.4. The fourth-order valence-corrected chi connectivity index (χ4v) is 2.10. The Morgan fingerprint density at radius 1 is 1.50 bits per heavy atom. The number of rotatable bonds is 4. The van der Waals surface area contributed by atoms with Crippen LogP contribution in [0.5, 0.6) is 0 Å². The molecule has 0 aliphatic carbocycles. The fraction of sp³-hybridized carbons (Fsp3) is 0.750. The molecule has 1 saturated heterocycles. The Morgan fingerprint density at radius 3 is 2.50 bits per heavy atom. The van der Waals surface area contributed by atoms with E-state index >= 15 is 0 Å². The van der Waals surface area contributed by atoms with Gasteiger partial charge >= 0.3 is 0 Å². The Morgan fingerprint density at radius 2 is 2.07 bits per heavy atom. The van der Waals surface area contributed by atoms with E-state index in [1.807, 2.05) is 0 Å². The van der Waals surface area contributed by atoms with Crippen LogP contribution in [0.2, 0.25) is 0 Å². The van der Waals surface area contributed by atoms with E-state index in [4.69, 9.17) is 0 Å². The molecular formula is C12H21NO. The van der Waals surface area contributed by atoms with Crippen molar-refractivity contribution in [1.29, 1.82) is 0 Å². The summed E-state index contributed by atoms with van der Waals surface area (Å²) < 4.78 is 0. The average molecular weight is 195 g/mol. The lowest BCUT2D eigenvalue weighted by molar-refractivity contribution is -0.107. The molecule has 0 unspecified atom stereocenters. The summed E-state index contributed by atoms with van der Waals surface area (Å²) in [4.78, 5) is 12.9. The van der Waals surface area contributed by atoms with E-state index in [-0.39, 0.29) is 0 Å². The van der Waals surface area contributed by atoms with E-state index in [9.17, 15) is 4.79 Å². The normalized spacial score (nSPS) is 19.9. The van der Waals surface area contributed by atoms with Crippen molar-refractivity contribution < 1.29 is 4.79 Å². The number of carbonyl (C=O) groups is 1. The molecule has 2 nitrogen and oxygen atoms in total. The van der Waals surface area contributed by atoms with E-state index in [0.717, 1.165) is 24.9 Å². The van der Waals surface area contributed by atoms with Gasteiger partial charge in [0.25, 0.3) is 0 Å².